The first-order valence-electron chi connectivity index (χ1n) is 16.5. The van der Waals surface area contributed by atoms with E-state index in [0.29, 0.717) is 43.3 Å². The molecule has 46 heavy (non-hydrogen) atoms. The van der Waals surface area contributed by atoms with E-state index in [9.17, 15) is 23.8 Å². The van der Waals surface area contributed by atoms with Crippen molar-refractivity contribution in [3.05, 3.63) is 34.9 Å². The number of hydrogen-bond acceptors (Lipinski definition) is 8. The third-order valence-electron chi connectivity index (χ3n) is 8.58. The van der Waals surface area contributed by atoms with E-state index < -0.39 is 30.0 Å². The van der Waals surface area contributed by atoms with Crippen LogP contribution in [0, 0.1) is 30.1 Å². The molecule has 1 aromatic rings. The molecular formula is C35H61NO9P+. The smallest absolute Gasteiger partial charge is 0.465 e. The molecule has 0 radical (unpaired) electrons. The first kappa shape index (κ1) is 41.9. The average Bonchev–Trinajstić information content (AvgIpc) is 2.94. The Morgan fingerprint density at radius 2 is 1.43 bits per heavy atom. The van der Waals surface area contributed by atoms with Crippen LogP contribution in [-0.2, 0) is 43.9 Å². The second-order valence-electron chi connectivity index (χ2n) is 14.8. The highest BCUT2D eigenvalue weighted by molar-refractivity contribution is 7.47. The second kappa shape index (κ2) is 17.9. The number of hydrogen-bond donors (Lipinski definition) is 1. The number of benzene rings is 1. The van der Waals surface area contributed by atoms with E-state index in [1.807, 2.05) is 41.9 Å². The van der Waals surface area contributed by atoms with Crippen molar-refractivity contribution in [3.63, 3.8) is 0 Å². The standard InChI is InChI=1S/C35H60NO9P/c1-12-20-42-31(38)33(5,6)25-35(8,30(37)16-14-15-29-18-17-27(3)28(4)24-29)26-34(7,13-2)32(39)43-22-23-45-46(40,41)44-21-19-36(9,10)11/h17-18,24H,12-16,19-23,25-26H2,1-11H3/p+1. The van der Waals surface area contributed by atoms with Crippen molar-refractivity contribution in [3.8, 4) is 0 Å². The van der Waals surface area contributed by atoms with Crippen LogP contribution in [0.4, 0.5) is 0 Å². The van der Waals surface area contributed by atoms with Gasteiger partial charge in [-0.2, -0.15) is 0 Å². The number of phosphoric ester groups is 1. The van der Waals surface area contributed by atoms with Gasteiger partial charge < -0.3 is 18.9 Å². The first-order chi connectivity index (χ1) is 21.1. The maximum absolute atomic E-state index is 14.0. The molecule has 0 bridgehead atoms. The number of aryl methyl sites for hydroxylation is 3. The van der Waals surface area contributed by atoms with Crippen LogP contribution in [0.3, 0.4) is 0 Å². The molecule has 0 aliphatic heterocycles. The maximum Gasteiger partial charge on any atom is 0.472 e. The minimum absolute atomic E-state index is 0.0178. The van der Waals surface area contributed by atoms with Crippen molar-refractivity contribution >= 4 is 25.5 Å². The Morgan fingerprint density at radius 3 is 2.00 bits per heavy atom. The van der Waals surface area contributed by atoms with Crippen molar-refractivity contribution in [2.75, 3.05) is 54.1 Å². The summed E-state index contributed by atoms with van der Waals surface area (Å²) in [7, 11) is 1.49. The second-order valence-corrected chi connectivity index (χ2v) is 16.3. The Morgan fingerprint density at radius 1 is 0.826 bits per heavy atom. The zero-order valence-electron chi connectivity index (χ0n) is 30.3. The summed E-state index contributed by atoms with van der Waals surface area (Å²) in [6.45, 7) is 15.3. The molecule has 1 rings (SSSR count). The molecule has 0 amide bonds. The predicted octanol–water partition coefficient (Wildman–Crippen LogP) is 6.76. The molecule has 0 aliphatic carbocycles. The number of quaternary nitrogens is 1. The number of Topliss-reactive ketones (excluding diaryl/α,β-unsaturated/α-hetero) is 1. The van der Waals surface area contributed by atoms with Crippen LogP contribution >= 0.6 is 7.82 Å². The highest BCUT2D eigenvalue weighted by Gasteiger charge is 2.48. The molecule has 11 heteroatoms. The zero-order chi connectivity index (χ0) is 35.4. The summed E-state index contributed by atoms with van der Waals surface area (Å²) in [5.41, 5.74) is 0.531. The van der Waals surface area contributed by atoms with E-state index in [2.05, 4.69) is 32.0 Å². The predicted molar refractivity (Wildman–Crippen MR) is 180 cm³/mol. The van der Waals surface area contributed by atoms with Crippen molar-refractivity contribution in [1.29, 1.82) is 0 Å². The van der Waals surface area contributed by atoms with Gasteiger partial charge in [0, 0.05) is 11.8 Å². The van der Waals surface area contributed by atoms with E-state index in [1.54, 1.807) is 20.8 Å². The molecule has 264 valence electrons. The summed E-state index contributed by atoms with van der Waals surface area (Å²) in [6, 6.07) is 6.32. The molecule has 0 aliphatic rings. The summed E-state index contributed by atoms with van der Waals surface area (Å²) in [6.07, 6.45) is 3.11. The summed E-state index contributed by atoms with van der Waals surface area (Å²) in [5, 5.41) is 0. The molecule has 0 saturated heterocycles. The molecule has 3 atom stereocenters. The number of esters is 2. The number of likely N-dealkylation sites (N-methyl/N-ethyl adjacent to an activating group) is 1. The molecule has 0 spiro atoms. The van der Waals surface area contributed by atoms with Gasteiger partial charge in [-0.05, 0) is 89.8 Å². The molecule has 10 nitrogen and oxygen atoms in total. The number of nitrogens with zero attached hydrogens (tertiary/aromatic N) is 1. The maximum atomic E-state index is 14.0. The fourth-order valence-corrected chi connectivity index (χ4v) is 6.23. The van der Waals surface area contributed by atoms with Crippen LogP contribution in [0.2, 0.25) is 0 Å². The van der Waals surface area contributed by atoms with Gasteiger partial charge in [0.25, 0.3) is 0 Å². The normalized spacial score (nSPS) is 16.2. The number of phosphoric acid groups is 1. The molecule has 0 fully saturated rings. The van der Waals surface area contributed by atoms with E-state index in [1.165, 1.54) is 11.1 Å². The average molecular weight is 671 g/mol. The first-order valence-corrected chi connectivity index (χ1v) is 18.0. The molecule has 0 aromatic heterocycles. The lowest BCUT2D eigenvalue weighted by Crippen LogP contribution is -2.43. The Kier molecular flexibility index (Phi) is 16.3. The lowest BCUT2D eigenvalue weighted by molar-refractivity contribution is -0.870. The largest absolute Gasteiger partial charge is 0.472 e. The van der Waals surface area contributed by atoms with Gasteiger partial charge in [-0.15, -0.1) is 0 Å². The van der Waals surface area contributed by atoms with Crippen LogP contribution in [0.1, 0.15) is 96.8 Å². The van der Waals surface area contributed by atoms with Crippen LogP contribution in [0.15, 0.2) is 18.2 Å². The minimum atomic E-state index is -4.30. The van der Waals surface area contributed by atoms with Gasteiger partial charge in [-0.1, -0.05) is 39.0 Å². The number of carbonyl (C=O) groups excluding carboxylic acids is 3. The number of rotatable bonds is 22. The van der Waals surface area contributed by atoms with Gasteiger partial charge in [-0.25, -0.2) is 4.57 Å². The Balaban J connectivity index is 3.04. The van der Waals surface area contributed by atoms with Gasteiger partial charge in [-0.3, -0.25) is 23.4 Å². The monoisotopic (exact) mass is 670 g/mol. The van der Waals surface area contributed by atoms with Crippen LogP contribution in [0.25, 0.3) is 0 Å². The van der Waals surface area contributed by atoms with Crippen molar-refractivity contribution < 1.29 is 46.8 Å². The SMILES string of the molecule is CCCOC(=O)C(C)(C)CC(C)(CC(C)(CC)C(=O)OCCOP(=O)(O)OCC[N+](C)(C)C)C(=O)CCCc1ccc(C)c(C)c1. The fourth-order valence-electron chi connectivity index (χ4n) is 5.54. The molecule has 0 heterocycles. The van der Waals surface area contributed by atoms with Crippen molar-refractivity contribution in [2.24, 2.45) is 16.2 Å². The molecular weight excluding hydrogens is 609 g/mol. The molecule has 3 unspecified atom stereocenters. The quantitative estimate of drug-likeness (QED) is 0.0616. The zero-order valence-corrected chi connectivity index (χ0v) is 31.2. The Bertz CT molecular complexity index is 1210. The lowest BCUT2D eigenvalue weighted by Gasteiger charge is -2.40. The minimum Gasteiger partial charge on any atom is -0.465 e. The Labute approximate surface area is 277 Å². The fraction of sp³-hybridized carbons (Fsp3) is 0.743. The van der Waals surface area contributed by atoms with E-state index in [0.717, 1.165) is 12.0 Å². The third kappa shape index (κ3) is 14.3. The summed E-state index contributed by atoms with van der Waals surface area (Å²) in [4.78, 5) is 50.5. The summed E-state index contributed by atoms with van der Waals surface area (Å²) in [5.74, 6) is -0.938. The highest BCUT2D eigenvalue weighted by Crippen LogP contribution is 2.47. The molecule has 0 saturated carbocycles. The molecule has 1 N–H and O–H groups in total. The molecule has 1 aromatic carbocycles. The van der Waals surface area contributed by atoms with Crippen molar-refractivity contribution in [2.45, 2.75) is 100 Å². The van der Waals surface area contributed by atoms with Crippen LogP contribution in [-0.4, -0.2) is 81.2 Å². The van der Waals surface area contributed by atoms with Gasteiger partial charge in [0.15, 0.2) is 0 Å². The van der Waals surface area contributed by atoms with Crippen LogP contribution in [0.5, 0.6) is 0 Å². The Hall–Kier alpha value is -2.10. The number of carbonyl (C=O) groups is 3. The lowest BCUT2D eigenvalue weighted by atomic mass is 9.62. The van der Waals surface area contributed by atoms with Gasteiger partial charge in [0.1, 0.15) is 25.5 Å². The topological polar surface area (TPSA) is 125 Å². The number of ketones is 1. The van der Waals surface area contributed by atoms with Gasteiger partial charge >= 0.3 is 19.8 Å². The highest BCUT2D eigenvalue weighted by atomic mass is 31.2. The van der Waals surface area contributed by atoms with E-state index in [4.69, 9.17) is 18.5 Å². The third-order valence-corrected chi connectivity index (χ3v) is 9.59. The van der Waals surface area contributed by atoms with Crippen LogP contribution < -0.4 is 0 Å². The summed E-state index contributed by atoms with van der Waals surface area (Å²) < 4.78 is 33.8. The number of ether oxygens (including phenoxy) is 2. The van der Waals surface area contributed by atoms with E-state index >= 15 is 0 Å². The van der Waals surface area contributed by atoms with E-state index in [-0.39, 0.29) is 44.4 Å². The van der Waals surface area contributed by atoms with Crippen molar-refractivity contribution in [1.82, 2.24) is 0 Å². The van der Waals surface area contributed by atoms with Gasteiger partial charge in [0.05, 0.1) is 45.2 Å². The summed E-state index contributed by atoms with van der Waals surface area (Å²) >= 11 is 0. The van der Waals surface area contributed by atoms with Gasteiger partial charge in [0.2, 0.25) is 0 Å².